The number of H-pyrrole nitrogens is 1. The highest BCUT2D eigenvalue weighted by Crippen LogP contribution is 2.29. The Morgan fingerprint density at radius 2 is 2.29 bits per heavy atom. The van der Waals surface area contributed by atoms with Crippen molar-refractivity contribution in [2.45, 2.75) is 32.7 Å². The van der Waals surface area contributed by atoms with Crippen LogP contribution >= 0.6 is 0 Å². The van der Waals surface area contributed by atoms with Crippen molar-refractivity contribution < 1.29 is 14.6 Å². The van der Waals surface area contributed by atoms with E-state index < -0.39 is 0 Å². The number of rotatable bonds is 6. The number of hydrogen-bond donors (Lipinski definition) is 3. The lowest BCUT2D eigenvalue weighted by Crippen LogP contribution is -2.42. The topological polar surface area (TPSA) is 87.2 Å². The zero-order chi connectivity index (χ0) is 17.1. The Labute approximate surface area is 141 Å². The molecule has 1 amide bonds. The minimum Gasteiger partial charge on any atom is -0.493 e. The summed E-state index contributed by atoms with van der Waals surface area (Å²) in [5.74, 6) is 0.877. The number of fused-ring (bicyclic) bond motifs is 1. The van der Waals surface area contributed by atoms with Crippen molar-refractivity contribution in [3.63, 3.8) is 0 Å². The molecular weight excluding hydrogens is 306 g/mol. The van der Waals surface area contributed by atoms with Crippen molar-refractivity contribution in [3.8, 4) is 17.0 Å². The van der Waals surface area contributed by atoms with E-state index in [1.54, 1.807) is 6.07 Å². The van der Waals surface area contributed by atoms with Crippen LogP contribution in [0.5, 0.6) is 5.75 Å². The number of amides is 1. The molecule has 2 atom stereocenters. The molecule has 2 heterocycles. The second kappa shape index (κ2) is 7.05. The smallest absolute Gasteiger partial charge is 0.269 e. The number of nitrogens with one attached hydrogen (secondary N) is 2. The molecule has 3 N–H and O–H groups in total. The van der Waals surface area contributed by atoms with E-state index in [-0.39, 0.29) is 24.5 Å². The van der Waals surface area contributed by atoms with Crippen LogP contribution < -0.4 is 10.1 Å². The molecule has 1 aliphatic heterocycles. The first-order valence-corrected chi connectivity index (χ1v) is 8.35. The standard InChI is InChI=1S/C18H23N3O3/c1-3-11(2)16(10-22)19-18(23)15-9-14(20-21-15)12-4-5-17-13(8-12)6-7-24-17/h4-5,8-9,11,16,22H,3,6-7,10H2,1-2H3,(H,19,23)(H,20,21)/t11-,16-/m1/s1. The van der Waals surface area contributed by atoms with Crippen LogP contribution in [0.15, 0.2) is 24.3 Å². The van der Waals surface area contributed by atoms with Crippen molar-refractivity contribution in [2.75, 3.05) is 13.2 Å². The summed E-state index contributed by atoms with van der Waals surface area (Å²) in [6.07, 6.45) is 1.78. The van der Waals surface area contributed by atoms with Crippen LogP contribution in [0.2, 0.25) is 0 Å². The molecule has 0 fully saturated rings. The summed E-state index contributed by atoms with van der Waals surface area (Å²) in [6, 6.07) is 7.41. The van der Waals surface area contributed by atoms with E-state index in [0.717, 1.165) is 29.8 Å². The first-order valence-electron chi connectivity index (χ1n) is 8.35. The third-order valence-corrected chi connectivity index (χ3v) is 4.65. The Morgan fingerprint density at radius 3 is 3.04 bits per heavy atom. The van der Waals surface area contributed by atoms with E-state index in [1.165, 1.54) is 5.56 Å². The number of benzene rings is 1. The predicted octanol–water partition coefficient (Wildman–Crippen LogP) is 2.15. The van der Waals surface area contributed by atoms with Crippen LogP contribution in [0, 0.1) is 5.92 Å². The number of carbonyl (C=O) groups is 1. The average Bonchev–Trinajstić information content (AvgIpc) is 3.26. The van der Waals surface area contributed by atoms with Crippen molar-refractivity contribution in [3.05, 3.63) is 35.5 Å². The molecule has 24 heavy (non-hydrogen) atoms. The Balaban J connectivity index is 1.74. The zero-order valence-electron chi connectivity index (χ0n) is 14.0. The maximum absolute atomic E-state index is 12.4. The van der Waals surface area contributed by atoms with Crippen LogP contribution in [0.3, 0.4) is 0 Å². The van der Waals surface area contributed by atoms with Gasteiger partial charge >= 0.3 is 0 Å². The molecule has 2 aromatic rings. The molecule has 0 saturated carbocycles. The normalized spacial score (nSPS) is 15.5. The van der Waals surface area contributed by atoms with Crippen molar-refractivity contribution >= 4 is 5.91 Å². The first-order chi connectivity index (χ1) is 11.6. The van der Waals surface area contributed by atoms with Gasteiger partial charge in [0, 0.05) is 12.0 Å². The SMILES string of the molecule is CC[C@@H](C)[C@@H](CO)NC(=O)c1cc(-c2ccc3c(c2)CCO3)n[nH]1. The van der Waals surface area contributed by atoms with Gasteiger partial charge in [-0.1, -0.05) is 20.3 Å². The number of nitrogens with zero attached hydrogens (tertiary/aromatic N) is 1. The van der Waals surface area contributed by atoms with E-state index in [9.17, 15) is 9.90 Å². The number of hydrogen-bond acceptors (Lipinski definition) is 4. The minimum atomic E-state index is -0.258. The Morgan fingerprint density at radius 1 is 1.46 bits per heavy atom. The molecule has 6 nitrogen and oxygen atoms in total. The summed E-state index contributed by atoms with van der Waals surface area (Å²) >= 11 is 0. The molecule has 0 saturated heterocycles. The molecule has 3 rings (SSSR count). The van der Waals surface area contributed by atoms with E-state index >= 15 is 0 Å². The van der Waals surface area contributed by atoms with Crippen LogP contribution in [-0.4, -0.2) is 40.5 Å². The van der Waals surface area contributed by atoms with Gasteiger partial charge in [-0.3, -0.25) is 9.89 Å². The first kappa shape index (κ1) is 16.5. The maximum atomic E-state index is 12.4. The third kappa shape index (κ3) is 3.28. The van der Waals surface area contributed by atoms with Gasteiger partial charge in [0.05, 0.1) is 24.9 Å². The van der Waals surface area contributed by atoms with Gasteiger partial charge in [-0.15, -0.1) is 0 Å². The van der Waals surface area contributed by atoms with Gasteiger partial charge in [-0.2, -0.15) is 5.10 Å². The number of aliphatic hydroxyl groups is 1. The van der Waals surface area contributed by atoms with Gasteiger partial charge in [0.2, 0.25) is 0 Å². The molecule has 0 aliphatic carbocycles. The summed E-state index contributed by atoms with van der Waals surface area (Å²) in [5.41, 5.74) is 3.23. The third-order valence-electron chi connectivity index (χ3n) is 4.65. The van der Waals surface area contributed by atoms with Crippen molar-refractivity contribution in [2.24, 2.45) is 5.92 Å². The van der Waals surface area contributed by atoms with Crippen LogP contribution in [-0.2, 0) is 6.42 Å². The average molecular weight is 329 g/mol. The quantitative estimate of drug-likeness (QED) is 0.758. The molecule has 1 aliphatic rings. The zero-order valence-corrected chi connectivity index (χ0v) is 14.0. The lowest BCUT2D eigenvalue weighted by Gasteiger charge is -2.21. The van der Waals surface area contributed by atoms with E-state index in [0.29, 0.717) is 12.3 Å². The molecule has 6 heteroatoms. The fourth-order valence-corrected chi connectivity index (χ4v) is 2.83. The number of carbonyl (C=O) groups excluding carboxylic acids is 1. The number of aliphatic hydroxyl groups excluding tert-OH is 1. The van der Waals surface area contributed by atoms with Gasteiger partial charge in [-0.05, 0) is 35.7 Å². The van der Waals surface area contributed by atoms with Gasteiger partial charge < -0.3 is 15.2 Å². The Kier molecular flexibility index (Phi) is 4.85. The molecule has 1 aromatic carbocycles. The Bertz CT molecular complexity index is 726. The van der Waals surface area contributed by atoms with Crippen molar-refractivity contribution in [1.29, 1.82) is 0 Å². The molecule has 0 spiro atoms. The summed E-state index contributed by atoms with van der Waals surface area (Å²) < 4.78 is 5.51. The molecule has 0 radical (unpaired) electrons. The highest BCUT2D eigenvalue weighted by Gasteiger charge is 2.20. The van der Waals surface area contributed by atoms with Crippen LogP contribution in [0.1, 0.15) is 36.3 Å². The van der Waals surface area contributed by atoms with Gasteiger partial charge in [0.15, 0.2) is 0 Å². The van der Waals surface area contributed by atoms with Gasteiger partial charge in [0.25, 0.3) is 5.91 Å². The van der Waals surface area contributed by atoms with Crippen molar-refractivity contribution in [1.82, 2.24) is 15.5 Å². The predicted molar refractivity (Wildman–Crippen MR) is 91.0 cm³/mol. The molecule has 1 aromatic heterocycles. The largest absolute Gasteiger partial charge is 0.493 e. The Hall–Kier alpha value is -2.34. The second-order valence-electron chi connectivity index (χ2n) is 6.24. The monoisotopic (exact) mass is 329 g/mol. The number of aromatic nitrogens is 2. The lowest BCUT2D eigenvalue weighted by molar-refractivity contribution is 0.0886. The van der Waals surface area contributed by atoms with Gasteiger partial charge in [-0.25, -0.2) is 0 Å². The molecule has 128 valence electrons. The molecule has 0 bridgehead atoms. The van der Waals surface area contributed by atoms with Crippen LogP contribution in [0.4, 0.5) is 0 Å². The second-order valence-corrected chi connectivity index (χ2v) is 6.24. The van der Waals surface area contributed by atoms with Crippen LogP contribution in [0.25, 0.3) is 11.3 Å². The summed E-state index contributed by atoms with van der Waals surface area (Å²) in [7, 11) is 0. The molecule has 0 unspecified atom stereocenters. The maximum Gasteiger partial charge on any atom is 0.269 e. The number of aromatic amines is 1. The summed E-state index contributed by atoms with van der Waals surface area (Å²) in [5, 5.41) is 19.3. The van der Waals surface area contributed by atoms with E-state index in [1.807, 2.05) is 26.0 Å². The highest BCUT2D eigenvalue weighted by molar-refractivity contribution is 5.93. The fourth-order valence-electron chi connectivity index (χ4n) is 2.83. The summed E-state index contributed by atoms with van der Waals surface area (Å²) in [6.45, 7) is 4.68. The summed E-state index contributed by atoms with van der Waals surface area (Å²) in [4.78, 5) is 12.4. The number of ether oxygens (including phenoxy) is 1. The highest BCUT2D eigenvalue weighted by atomic mass is 16.5. The van der Waals surface area contributed by atoms with E-state index in [4.69, 9.17) is 4.74 Å². The van der Waals surface area contributed by atoms with Gasteiger partial charge in [0.1, 0.15) is 11.4 Å². The fraction of sp³-hybridized carbons (Fsp3) is 0.444. The lowest BCUT2D eigenvalue weighted by atomic mass is 10.00. The van der Waals surface area contributed by atoms with E-state index in [2.05, 4.69) is 21.6 Å². The molecular formula is C18H23N3O3. The minimum absolute atomic E-state index is 0.0768.